The van der Waals surface area contributed by atoms with Gasteiger partial charge in [-0.1, -0.05) is 19.9 Å². The highest BCUT2D eigenvalue weighted by Crippen LogP contribution is 2.37. The van der Waals surface area contributed by atoms with Crippen LogP contribution in [0.4, 0.5) is 0 Å². The van der Waals surface area contributed by atoms with E-state index in [1.54, 1.807) is 13.2 Å². The van der Waals surface area contributed by atoms with Crippen molar-refractivity contribution in [3.05, 3.63) is 42.1 Å². The molecule has 0 atom stereocenters. The Morgan fingerprint density at radius 2 is 2.08 bits per heavy atom. The molecule has 0 spiro atoms. The molecule has 3 rings (SSSR count). The molecule has 1 saturated heterocycles. The Balaban J connectivity index is 1.60. The van der Waals surface area contributed by atoms with E-state index in [1.165, 1.54) is 6.26 Å². The summed E-state index contributed by atoms with van der Waals surface area (Å²) < 4.78 is 16.2. The molecule has 1 aromatic carbocycles. The number of nitrogens with zero attached hydrogens (tertiary/aromatic N) is 2. The molecule has 1 amide bonds. The quantitative estimate of drug-likeness (QED) is 0.751. The summed E-state index contributed by atoms with van der Waals surface area (Å²) in [6.07, 6.45) is 4.65. The van der Waals surface area contributed by atoms with Gasteiger partial charge < -0.3 is 18.8 Å². The Bertz CT molecular complexity index is 752. The highest BCUT2D eigenvalue weighted by Gasteiger charge is 2.37. The Kier molecular flexibility index (Phi) is 5.49. The number of ether oxygens (including phenoxy) is 2. The van der Waals surface area contributed by atoms with Crippen LogP contribution >= 0.6 is 0 Å². The molecular formula is C20H26N2O4. The predicted molar refractivity (Wildman–Crippen MR) is 97.4 cm³/mol. The first-order valence-corrected chi connectivity index (χ1v) is 9.09. The average molecular weight is 358 g/mol. The molecule has 0 aliphatic carbocycles. The molecule has 1 aromatic heterocycles. The zero-order valence-electron chi connectivity index (χ0n) is 15.7. The zero-order chi connectivity index (χ0) is 18.6. The number of methoxy groups -OCH3 is 1. The van der Waals surface area contributed by atoms with E-state index in [-0.39, 0.29) is 17.9 Å². The van der Waals surface area contributed by atoms with Gasteiger partial charge in [0.2, 0.25) is 5.89 Å². The van der Waals surface area contributed by atoms with Crippen LogP contribution in [0.25, 0.3) is 0 Å². The van der Waals surface area contributed by atoms with E-state index in [2.05, 4.69) is 18.8 Å². The number of aromatic nitrogens is 1. The van der Waals surface area contributed by atoms with Crippen LogP contribution in [0.1, 0.15) is 49.5 Å². The van der Waals surface area contributed by atoms with Crippen molar-refractivity contribution in [3.8, 4) is 11.5 Å². The summed E-state index contributed by atoms with van der Waals surface area (Å²) in [5, 5.41) is 0. The van der Waals surface area contributed by atoms with Crippen molar-refractivity contribution >= 4 is 5.91 Å². The van der Waals surface area contributed by atoms with E-state index in [1.807, 2.05) is 23.1 Å². The molecule has 1 fully saturated rings. The Morgan fingerprint density at radius 3 is 2.77 bits per heavy atom. The first-order chi connectivity index (χ1) is 12.6. The maximum atomic E-state index is 12.7. The van der Waals surface area contributed by atoms with E-state index in [0.717, 1.165) is 38.1 Å². The second-order valence-electron chi connectivity index (χ2n) is 6.78. The van der Waals surface area contributed by atoms with Crippen LogP contribution in [0.2, 0.25) is 0 Å². The third kappa shape index (κ3) is 3.84. The van der Waals surface area contributed by atoms with Gasteiger partial charge in [0.15, 0.2) is 12.3 Å². The van der Waals surface area contributed by atoms with Crippen molar-refractivity contribution in [2.45, 2.75) is 39.7 Å². The van der Waals surface area contributed by atoms with E-state index >= 15 is 0 Å². The third-order valence-electron chi connectivity index (χ3n) is 5.40. The van der Waals surface area contributed by atoms with Gasteiger partial charge in [0.05, 0.1) is 7.11 Å². The zero-order valence-corrected chi connectivity index (χ0v) is 15.7. The predicted octanol–water partition coefficient (Wildman–Crippen LogP) is 3.91. The van der Waals surface area contributed by atoms with Crippen molar-refractivity contribution in [1.82, 2.24) is 9.88 Å². The van der Waals surface area contributed by atoms with Crippen LogP contribution in [-0.4, -0.2) is 36.0 Å². The van der Waals surface area contributed by atoms with Gasteiger partial charge in [-0.25, -0.2) is 4.98 Å². The number of carbonyl (C=O) groups excluding carboxylic acids is 1. The molecule has 0 saturated carbocycles. The fourth-order valence-corrected chi connectivity index (χ4v) is 3.41. The van der Waals surface area contributed by atoms with Crippen LogP contribution in [0.3, 0.4) is 0 Å². The first kappa shape index (κ1) is 18.3. The van der Waals surface area contributed by atoms with Gasteiger partial charge >= 0.3 is 0 Å². The highest BCUT2D eigenvalue weighted by molar-refractivity contribution is 5.92. The van der Waals surface area contributed by atoms with Crippen LogP contribution in [0.15, 0.2) is 34.9 Å². The molecule has 140 valence electrons. The lowest BCUT2D eigenvalue weighted by Gasteiger charge is -2.26. The number of hydrogen-bond acceptors (Lipinski definition) is 5. The summed E-state index contributed by atoms with van der Waals surface area (Å²) in [7, 11) is 1.61. The number of benzene rings is 1. The number of hydrogen-bond donors (Lipinski definition) is 0. The molecular weight excluding hydrogens is 332 g/mol. The summed E-state index contributed by atoms with van der Waals surface area (Å²) in [5.41, 5.74) is 0.592. The standard InChI is InChI=1S/C20H26N2O4/c1-4-20(5-2)9-10-22(14-20)19(23)17-12-26-18(21-17)13-25-16-8-6-7-15(11-16)24-3/h6-8,11-12H,4-5,9-10,13-14H2,1-3H3. The van der Waals surface area contributed by atoms with Crippen LogP contribution in [0.5, 0.6) is 11.5 Å². The summed E-state index contributed by atoms with van der Waals surface area (Å²) in [5.74, 6) is 1.69. The molecule has 1 aliphatic rings. The van der Waals surface area contributed by atoms with Gasteiger partial charge in [-0.3, -0.25) is 4.79 Å². The fraction of sp³-hybridized carbons (Fsp3) is 0.500. The fourth-order valence-electron chi connectivity index (χ4n) is 3.41. The highest BCUT2D eigenvalue weighted by atomic mass is 16.5. The maximum Gasteiger partial charge on any atom is 0.275 e. The molecule has 6 heteroatoms. The normalized spacial score (nSPS) is 15.9. The monoisotopic (exact) mass is 358 g/mol. The number of amides is 1. The molecule has 6 nitrogen and oxygen atoms in total. The molecule has 2 aromatic rings. The Hall–Kier alpha value is -2.50. The number of oxazole rings is 1. The van der Waals surface area contributed by atoms with Crippen molar-refractivity contribution < 1.29 is 18.7 Å². The van der Waals surface area contributed by atoms with Crippen LogP contribution in [0, 0.1) is 5.41 Å². The van der Waals surface area contributed by atoms with Gasteiger partial charge in [-0.2, -0.15) is 0 Å². The summed E-state index contributed by atoms with van der Waals surface area (Å²) >= 11 is 0. The van der Waals surface area contributed by atoms with Crippen molar-refractivity contribution in [2.75, 3.05) is 20.2 Å². The van der Waals surface area contributed by atoms with Crippen LogP contribution < -0.4 is 9.47 Å². The lowest BCUT2D eigenvalue weighted by atomic mass is 9.82. The minimum absolute atomic E-state index is 0.0647. The van der Waals surface area contributed by atoms with E-state index in [4.69, 9.17) is 13.9 Å². The molecule has 0 bridgehead atoms. The summed E-state index contributed by atoms with van der Waals surface area (Å²) in [6.45, 7) is 6.13. The summed E-state index contributed by atoms with van der Waals surface area (Å²) in [6, 6.07) is 7.31. The van der Waals surface area contributed by atoms with Crippen molar-refractivity contribution in [2.24, 2.45) is 5.41 Å². The van der Waals surface area contributed by atoms with Gasteiger partial charge in [-0.15, -0.1) is 0 Å². The lowest BCUT2D eigenvalue weighted by molar-refractivity contribution is 0.0764. The van der Waals surface area contributed by atoms with Gasteiger partial charge in [0, 0.05) is 19.2 Å². The molecule has 0 radical (unpaired) electrons. The number of likely N-dealkylation sites (tertiary alicyclic amines) is 1. The molecule has 2 heterocycles. The second-order valence-corrected chi connectivity index (χ2v) is 6.78. The lowest BCUT2D eigenvalue weighted by Crippen LogP contribution is -2.32. The second kappa shape index (κ2) is 7.81. The SMILES string of the molecule is CCC1(CC)CCN(C(=O)c2coc(COc3cccc(OC)c3)n2)C1. The Morgan fingerprint density at radius 1 is 1.31 bits per heavy atom. The summed E-state index contributed by atoms with van der Waals surface area (Å²) in [4.78, 5) is 18.9. The first-order valence-electron chi connectivity index (χ1n) is 9.09. The van der Waals surface area contributed by atoms with E-state index < -0.39 is 0 Å². The Labute approximate surface area is 154 Å². The topological polar surface area (TPSA) is 64.8 Å². The molecule has 26 heavy (non-hydrogen) atoms. The molecule has 1 aliphatic heterocycles. The minimum Gasteiger partial charge on any atom is -0.497 e. The maximum absolute atomic E-state index is 12.7. The largest absolute Gasteiger partial charge is 0.497 e. The third-order valence-corrected chi connectivity index (χ3v) is 5.40. The molecule has 0 N–H and O–H groups in total. The van der Waals surface area contributed by atoms with Gasteiger partial charge in [-0.05, 0) is 36.8 Å². The smallest absolute Gasteiger partial charge is 0.275 e. The number of carbonyl (C=O) groups is 1. The number of rotatable bonds is 7. The van der Waals surface area contributed by atoms with Gasteiger partial charge in [0.1, 0.15) is 17.8 Å². The van der Waals surface area contributed by atoms with E-state index in [0.29, 0.717) is 17.3 Å². The minimum atomic E-state index is -0.0647. The average Bonchev–Trinajstić information content (AvgIpc) is 3.34. The van der Waals surface area contributed by atoms with Crippen LogP contribution in [-0.2, 0) is 6.61 Å². The van der Waals surface area contributed by atoms with Gasteiger partial charge in [0.25, 0.3) is 5.91 Å². The van der Waals surface area contributed by atoms with E-state index in [9.17, 15) is 4.79 Å². The molecule has 0 unspecified atom stereocenters. The van der Waals surface area contributed by atoms with Crippen molar-refractivity contribution in [1.29, 1.82) is 0 Å². The van der Waals surface area contributed by atoms with Crippen molar-refractivity contribution in [3.63, 3.8) is 0 Å².